The van der Waals surface area contributed by atoms with Gasteiger partial charge in [-0.3, -0.25) is 9.78 Å². The van der Waals surface area contributed by atoms with Crippen molar-refractivity contribution in [1.29, 1.82) is 0 Å². The van der Waals surface area contributed by atoms with Crippen LogP contribution in [0.2, 0.25) is 0 Å². The zero-order valence-electron chi connectivity index (χ0n) is 9.28. The minimum atomic E-state index is -0.0142. The molecular formula is C11H16N2O2. The summed E-state index contributed by atoms with van der Waals surface area (Å²) in [5, 5.41) is 2.79. The van der Waals surface area contributed by atoms with Gasteiger partial charge in [-0.25, -0.2) is 0 Å². The summed E-state index contributed by atoms with van der Waals surface area (Å²) in [6.45, 7) is 4.11. The Bertz CT molecular complexity index is 337. The van der Waals surface area contributed by atoms with E-state index in [0.29, 0.717) is 12.3 Å². The van der Waals surface area contributed by atoms with Gasteiger partial charge in [0.2, 0.25) is 5.91 Å². The maximum atomic E-state index is 11.3. The van der Waals surface area contributed by atoms with Crippen LogP contribution in [-0.4, -0.2) is 18.0 Å². The number of amides is 1. The summed E-state index contributed by atoms with van der Waals surface area (Å²) in [6.07, 6.45) is 1.68. The number of nitrogens with zero attached hydrogens (tertiary/aromatic N) is 1. The van der Waals surface area contributed by atoms with Crippen LogP contribution in [-0.2, 0) is 11.3 Å². The molecule has 0 aromatic carbocycles. The summed E-state index contributed by atoms with van der Waals surface area (Å²) < 4.78 is 5.12. The van der Waals surface area contributed by atoms with Gasteiger partial charge in [-0.05, 0) is 12.1 Å². The fraction of sp³-hybridized carbons (Fsp3) is 0.455. The number of ether oxygens (including phenoxy) is 1. The number of rotatable bonds is 4. The number of aromatic nitrogens is 1. The van der Waals surface area contributed by atoms with E-state index < -0.39 is 0 Å². The molecule has 0 aliphatic heterocycles. The Morgan fingerprint density at radius 1 is 1.60 bits per heavy atom. The molecule has 1 aromatic heterocycles. The Morgan fingerprint density at radius 3 is 2.93 bits per heavy atom. The molecule has 1 N–H and O–H groups in total. The molecule has 15 heavy (non-hydrogen) atoms. The van der Waals surface area contributed by atoms with Gasteiger partial charge in [0, 0.05) is 12.1 Å². The minimum absolute atomic E-state index is 0.0142. The van der Waals surface area contributed by atoms with Gasteiger partial charge in [0.05, 0.1) is 13.7 Å². The third-order valence-electron chi connectivity index (χ3n) is 2.02. The second-order valence-corrected chi connectivity index (χ2v) is 3.52. The zero-order chi connectivity index (χ0) is 11.3. The van der Waals surface area contributed by atoms with Crippen molar-refractivity contribution in [2.75, 3.05) is 7.11 Å². The highest BCUT2D eigenvalue weighted by Crippen LogP contribution is 2.13. The molecule has 0 fully saturated rings. The average molecular weight is 208 g/mol. The van der Waals surface area contributed by atoms with Gasteiger partial charge in [0.25, 0.3) is 0 Å². The number of hydrogen-bond acceptors (Lipinski definition) is 3. The van der Waals surface area contributed by atoms with E-state index in [1.807, 2.05) is 19.9 Å². The van der Waals surface area contributed by atoms with Crippen LogP contribution in [0.4, 0.5) is 0 Å². The third-order valence-corrected chi connectivity index (χ3v) is 2.02. The summed E-state index contributed by atoms with van der Waals surface area (Å²) in [7, 11) is 1.59. The van der Waals surface area contributed by atoms with Crippen molar-refractivity contribution in [1.82, 2.24) is 10.3 Å². The molecule has 4 heteroatoms. The topological polar surface area (TPSA) is 51.2 Å². The van der Waals surface area contributed by atoms with Crippen molar-refractivity contribution in [3.63, 3.8) is 0 Å². The highest BCUT2D eigenvalue weighted by molar-refractivity contribution is 5.77. The molecule has 82 valence electrons. The number of carbonyl (C=O) groups excluding carboxylic acids is 1. The van der Waals surface area contributed by atoms with Gasteiger partial charge >= 0.3 is 0 Å². The molecule has 0 unspecified atom stereocenters. The molecule has 1 amide bonds. The Morgan fingerprint density at radius 2 is 2.33 bits per heavy atom. The lowest BCUT2D eigenvalue weighted by molar-refractivity contribution is -0.124. The van der Waals surface area contributed by atoms with Crippen molar-refractivity contribution in [2.45, 2.75) is 20.4 Å². The number of pyridine rings is 1. The molecule has 0 radical (unpaired) electrons. The second kappa shape index (κ2) is 5.34. The lowest BCUT2D eigenvalue weighted by Crippen LogP contribution is -2.27. The summed E-state index contributed by atoms with van der Waals surface area (Å²) >= 11 is 0. The standard InChI is InChI=1S/C11H16N2O2/c1-8(2)11(14)13-7-9-10(15-3)5-4-6-12-9/h4-6,8H,7H2,1-3H3,(H,13,14). The normalized spacial score (nSPS) is 10.1. The molecule has 1 rings (SSSR count). The molecule has 0 aliphatic rings. The van der Waals surface area contributed by atoms with Crippen molar-refractivity contribution < 1.29 is 9.53 Å². The van der Waals surface area contributed by atoms with E-state index >= 15 is 0 Å². The van der Waals surface area contributed by atoms with Gasteiger partial charge in [0.15, 0.2) is 0 Å². The number of nitrogens with one attached hydrogen (secondary N) is 1. The minimum Gasteiger partial charge on any atom is -0.495 e. The lowest BCUT2D eigenvalue weighted by atomic mass is 10.2. The maximum Gasteiger partial charge on any atom is 0.222 e. The predicted molar refractivity (Wildman–Crippen MR) is 57.5 cm³/mol. The smallest absolute Gasteiger partial charge is 0.222 e. The van der Waals surface area contributed by atoms with E-state index in [1.165, 1.54) is 0 Å². The van der Waals surface area contributed by atoms with Crippen molar-refractivity contribution in [3.05, 3.63) is 24.0 Å². The molecule has 0 atom stereocenters. The zero-order valence-corrected chi connectivity index (χ0v) is 9.28. The molecule has 1 aromatic rings. The number of methoxy groups -OCH3 is 1. The largest absolute Gasteiger partial charge is 0.495 e. The summed E-state index contributed by atoms with van der Waals surface area (Å²) in [6, 6.07) is 3.62. The summed E-state index contributed by atoms with van der Waals surface area (Å²) in [5.41, 5.74) is 0.744. The molecule has 1 heterocycles. The first-order valence-electron chi connectivity index (χ1n) is 4.90. The average Bonchev–Trinajstić information content (AvgIpc) is 2.26. The predicted octanol–water partition coefficient (Wildman–Crippen LogP) is 1.36. The van der Waals surface area contributed by atoms with E-state index in [9.17, 15) is 4.79 Å². The van der Waals surface area contributed by atoms with Crippen LogP contribution in [0.15, 0.2) is 18.3 Å². The highest BCUT2D eigenvalue weighted by atomic mass is 16.5. The molecular weight excluding hydrogens is 192 g/mol. The lowest BCUT2D eigenvalue weighted by Gasteiger charge is -2.09. The fourth-order valence-corrected chi connectivity index (χ4v) is 1.12. The van der Waals surface area contributed by atoms with Crippen molar-refractivity contribution in [2.24, 2.45) is 5.92 Å². The summed E-state index contributed by atoms with van der Waals surface area (Å²) in [5.74, 6) is 0.698. The van der Waals surface area contributed by atoms with Crippen molar-refractivity contribution in [3.8, 4) is 5.75 Å². The van der Waals surface area contributed by atoms with Crippen LogP contribution in [0, 0.1) is 5.92 Å². The molecule has 0 spiro atoms. The number of carbonyl (C=O) groups is 1. The van der Waals surface area contributed by atoms with E-state index in [0.717, 1.165) is 5.69 Å². The maximum absolute atomic E-state index is 11.3. The Labute approximate surface area is 89.7 Å². The first kappa shape index (κ1) is 11.5. The Kier molecular flexibility index (Phi) is 4.09. The van der Waals surface area contributed by atoms with Gasteiger partial charge in [0.1, 0.15) is 11.4 Å². The van der Waals surface area contributed by atoms with Gasteiger partial charge in [-0.1, -0.05) is 13.8 Å². The summed E-state index contributed by atoms with van der Waals surface area (Å²) in [4.78, 5) is 15.5. The Hall–Kier alpha value is -1.58. The van der Waals surface area contributed by atoms with Crippen LogP contribution in [0.1, 0.15) is 19.5 Å². The van der Waals surface area contributed by atoms with E-state index in [-0.39, 0.29) is 11.8 Å². The van der Waals surface area contributed by atoms with Crippen LogP contribution in [0.3, 0.4) is 0 Å². The van der Waals surface area contributed by atoms with E-state index in [1.54, 1.807) is 19.4 Å². The highest BCUT2D eigenvalue weighted by Gasteiger charge is 2.08. The van der Waals surface area contributed by atoms with Crippen molar-refractivity contribution >= 4 is 5.91 Å². The number of hydrogen-bond donors (Lipinski definition) is 1. The van der Waals surface area contributed by atoms with Crippen LogP contribution in [0.5, 0.6) is 5.75 Å². The van der Waals surface area contributed by atoms with Gasteiger partial charge in [-0.2, -0.15) is 0 Å². The molecule has 0 bridgehead atoms. The fourth-order valence-electron chi connectivity index (χ4n) is 1.12. The first-order valence-corrected chi connectivity index (χ1v) is 4.90. The molecule has 0 aliphatic carbocycles. The van der Waals surface area contributed by atoms with Crippen LogP contribution < -0.4 is 10.1 Å². The SMILES string of the molecule is COc1cccnc1CNC(=O)C(C)C. The van der Waals surface area contributed by atoms with E-state index in [4.69, 9.17) is 4.74 Å². The quantitative estimate of drug-likeness (QED) is 0.812. The molecule has 0 saturated carbocycles. The van der Waals surface area contributed by atoms with Crippen LogP contribution in [0.25, 0.3) is 0 Å². The van der Waals surface area contributed by atoms with Gasteiger partial charge in [-0.15, -0.1) is 0 Å². The molecule has 0 saturated heterocycles. The van der Waals surface area contributed by atoms with E-state index in [2.05, 4.69) is 10.3 Å². The molecule has 4 nitrogen and oxygen atoms in total. The van der Waals surface area contributed by atoms with Gasteiger partial charge < -0.3 is 10.1 Å². The Balaban J connectivity index is 2.61. The second-order valence-electron chi connectivity index (χ2n) is 3.52. The monoisotopic (exact) mass is 208 g/mol. The first-order chi connectivity index (χ1) is 7.15. The third kappa shape index (κ3) is 3.23. The van der Waals surface area contributed by atoms with Crippen LogP contribution >= 0.6 is 0 Å².